The minimum Gasteiger partial charge on any atom is -0.492 e. The topological polar surface area (TPSA) is 59.4 Å². The number of hydrogen-bond acceptors (Lipinski definition) is 5. The largest absolute Gasteiger partial charge is 0.492 e. The molecule has 2 heterocycles. The minimum atomic E-state index is -2.71. The number of alkyl halides is 2. The van der Waals surface area contributed by atoms with Crippen LogP contribution in [0, 0.1) is 6.92 Å². The molecular weight excluding hydrogens is 494 g/mol. The molecule has 0 radical (unpaired) electrons. The third kappa shape index (κ3) is 6.61. The molecule has 1 N–H and O–H groups in total. The molecule has 9 heteroatoms. The van der Waals surface area contributed by atoms with Gasteiger partial charge in [0.2, 0.25) is 0 Å². The van der Waals surface area contributed by atoms with Crippen LogP contribution in [0.1, 0.15) is 41.0 Å². The maximum absolute atomic E-state index is 13.3. The van der Waals surface area contributed by atoms with Crippen molar-refractivity contribution in [1.82, 2.24) is 20.0 Å². The summed E-state index contributed by atoms with van der Waals surface area (Å²) in [6.45, 7) is 2.38. The minimum absolute atomic E-state index is 0.211. The summed E-state index contributed by atoms with van der Waals surface area (Å²) in [7, 11) is 3.95. The van der Waals surface area contributed by atoms with E-state index < -0.39 is 6.55 Å². The van der Waals surface area contributed by atoms with E-state index in [1.807, 2.05) is 80.7 Å². The lowest BCUT2D eigenvalue weighted by Gasteiger charge is -2.18. The Bertz CT molecular complexity index is 1350. The molecule has 0 fully saturated rings. The summed E-state index contributed by atoms with van der Waals surface area (Å²) in [5.41, 5.74) is 4.52. The van der Waals surface area contributed by atoms with Crippen LogP contribution in [-0.2, 0) is 0 Å². The first-order valence-electron chi connectivity index (χ1n) is 11.9. The molecule has 6 nitrogen and oxygen atoms in total. The lowest BCUT2D eigenvalue weighted by atomic mass is 9.97. The van der Waals surface area contributed by atoms with Crippen molar-refractivity contribution in [3.8, 4) is 27.3 Å². The Morgan fingerprint density at radius 1 is 1.14 bits per heavy atom. The number of thiophene rings is 1. The van der Waals surface area contributed by atoms with Crippen molar-refractivity contribution in [2.45, 2.75) is 26.4 Å². The van der Waals surface area contributed by atoms with E-state index in [9.17, 15) is 13.6 Å². The number of carbonyl (C=O) groups excluding carboxylic acids is 1. The maximum Gasteiger partial charge on any atom is 0.333 e. The molecule has 2 aromatic heterocycles. The van der Waals surface area contributed by atoms with Gasteiger partial charge >= 0.3 is 6.55 Å². The van der Waals surface area contributed by atoms with Gasteiger partial charge in [-0.05, 0) is 92.0 Å². The zero-order valence-corrected chi connectivity index (χ0v) is 22.1. The molecular formula is C28H30F2N4O2S. The Hall–Kier alpha value is -3.56. The molecule has 0 unspecified atom stereocenters. The summed E-state index contributed by atoms with van der Waals surface area (Å²) in [5, 5.41) is 8.85. The number of rotatable bonds is 10. The zero-order chi connectivity index (χ0) is 26.5. The highest BCUT2D eigenvalue weighted by atomic mass is 32.1. The second-order valence-corrected chi connectivity index (χ2v) is 10.1. The van der Waals surface area contributed by atoms with E-state index in [4.69, 9.17) is 4.74 Å². The van der Waals surface area contributed by atoms with Gasteiger partial charge in [0.1, 0.15) is 12.4 Å². The van der Waals surface area contributed by atoms with E-state index in [-0.39, 0.29) is 11.9 Å². The summed E-state index contributed by atoms with van der Waals surface area (Å²) < 4.78 is 32.7. The van der Waals surface area contributed by atoms with Gasteiger partial charge in [0.05, 0.1) is 12.2 Å². The number of aromatic nitrogens is 2. The van der Waals surface area contributed by atoms with Crippen LogP contribution in [0.25, 0.3) is 21.6 Å². The molecule has 4 rings (SSSR count). The normalized spacial score (nSPS) is 12.2. The van der Waals surface area contributed by atoms with Gasteiger partial charge in [0, 0.05) is 28.7 Å². The number of likely N-dealkylation sites (N-methyl/N-ethyl adjacent to an activating group) is 1. The molecule has 0 aliphatic heterocycles. The van der Waals surface area contributed by atoms with E-state index in [0.29, 0.717) is 28.2 Å². The molecule has 4 aromatic rings. The monoisotopic (exact) mass is 524 g/mol. The van der Waals surface area contributed by atoms with Gasteiger partial charge < -0.3 is 15.0 Å². The van der Waals surface area contributed by atoms with Crippen molar-refractivity contribution in [2.75, 3.05) is 27.2 Å². The summed E-state index contributed by atoms with van der Waals surface area (Å²) in [5.74, 6) is 0.430. The van der Waals surface area contributed by atoms with Crippen molar-refractivity contribution < 1.29 is 18.3 Å². The van der Waals surface area contributed by atoms with Gasteiger partial charge in [-0.15, -0.1) is 11.3 Å². The van der Waals surface area contributed by atoms with Gasteiger partial charge in [-0.2, -0.15) is 13.9 Å². The van der Waals surface area contributed by atoms with Crippen LogP contribution in [-0.4, -0.2) is 47.8 Å². The number of nitrogens with one attached hydrogen (secondary N) is 1. The van der Waals surface area contributed by atoms with Crippen LogP contribution >= 0.6 is 11.3 Å². The van der Waals surface area contributed by atoms with Crippen LogP contribution in [0.5, 0.6) is 5.75 Å². The predicted molar refractivity (Wildman–Crippen MR) is 143 cm³/mol. The molecule has 0 aliphatic carbocycles. The summed E-state index contributed by atoms with van der Waals surface area (Å²) in [6, 6.07) is 15.0. The number of carbonyl (C=O) groups is 1. The average Bonchev–Trinajstić information content (AvgIpc) is 3.57. The van der Waals surface area contributed by atoms with Gasteiger partial charge in [-0.1, -0.05) is 12.1 Å². The smallest absolute Gasteiger partial charge is 0.333 e. The van der Waals surface area contributed by atoms with Gasteiger partial charge in [0.25, 0.3) is 5.91 Å². The number of nitrogens with zero attached hydrogens (tertiary/aromatic N) is 3. The molecule has 0 bridgehead atoms. The van der Waals surface area contributed by atoms with E-state index >= 15 is 0 Å². The van der Waals surface area contributed by atoms with Crippen molar-refractivity contribution in [3.05, 3.63) is 83.0 Å². The summed E-state index contributed by atoms with van der Waals surface area (Å²) in [6.07, 6.45) is 2.76. The maximum atomic E-state index is 13.3. The fourth-order valence-electron chi connectivity index (χ4n) is 3.89. The van der Waals surface area contributed by atoms with E-state index in [1.54, 1.807) is 17.4 Å². The van der Waals surface area contributed by atoms with Crippen molar-refractivity contribution in [1.29, 1.82) is 0 Å². The number of halogens is 2. The molecule has 1 amide bonds. The number of ether oxygens (including phenoxy) is 1. The average molecular weight is 525 g/mol. The fraction of sp³-hybridized carbons (Fsp3) is 0.286. The van der Waals surface area contributed by atoms with Gasteiger partial charge in [-0.3, -0.25) is 4.79 Å². The van der Waals surface area contributed by atoms with Crippen molar-refractivity contribution in [2.24, 2.45) is 0 Å². The quantitative estimate of drug-likeness (QED) is 0.260. The first kappa shape index (κ1) is 26.5. The third-order valence-electron chi connectivity index (χ3n) is 6.00. The third-order valence-corrected chi connectivity index (χ3v) is 6.92. The Labute approximate surface area is 219 Å². The Morgan fingerprint density at radius 2 is 1.92 bits per heavy atom. The van der Waals surface area contributed by atoms with Crippen LogP contribution in [0.2, 0.25) is 0 Å². The molecule has 37 heavy (non-hydrogen) atoms. The zero-order valence-electron chi connectivity index (χ0n) is 21.2. The van der Waals surface area contributed by atoms with Gasteiger partial charge in [0.15, 0.2) is 0 Å². The van der Waals surface area contributed by atoms with Crippen LogP contribution in [0.3, 0.4) is 0 Å². The number of aryl methyl sites for hydroxylation is 1. The highest BCUT2D eigenvalue weighted by molar-refractivity contribution is 7.13. The lowest BCUT2D eigenvalue weighted by Crippen LogP contribution is -2.27. The Kier molecular flexibility index (Phi) is 8.35. The highest BCUT2D eigenvalue weighted by Crippen LogP contribution is 2.33. The second-order valence-electron chi connectivity index (χ2n) is 9.13. The Morgan fingerprint density at radius 3 is 2.59 bits per heavy atom. The molecule has 0 saturated heterocycles. The summed E-state index contributed by atoms with van der Waals surface area (Å²) in [4.78, 5) is 16.3. The first-order chi connectivity index (χ1) is 17.7. The van der Waals surface area contributed by atoms with Crippen LogP contribution in [0.4, 0.5) is 8.78 Å². The number of amides is 1. The van der Waals surface area contributed by atoms with E-state index in [1.165, 1.54) is 12.4 Å². The lowest BCUT2D eigenvalue weighted by molar-refractivity contribution is 0.0566. The highest BCUT2D eigenvalue weighted by Gasteiger charge is 2.18. The van der Waals surface area contributed by atoms with Crippen molar-refractivity contribution in [3.63, 3.8) is 0 Å². The number of benzene rings is 2. The molecule has 2 aromatic carbocycles. The van der Waals surface area contributed by atoms with E-state index in [0.717, 1.165) is 33.7 Å². The van der Waals surface area contributed by atoms with Gasteiger partial charge in [-0.25, -0.2) is 4.68 Å². The molecule has 0 saturated carbocycles. The fourth-order valence-corrected chi connectivity index (χ4v) is 4.60. The molecule has 0 spiro atoms. The van der Waals surface area contributed by atoms with E-state index in [2.05, 4.69) is 10.4 Å². The Balaban J connectivity index is 1.59. The standard InChI is InChI=1S/C28H30F2N4O2S/c1-18-7-8-24(36-10-9-33(3)4)15-25(18)27(35)32-19(2)20-12-21(23-16-31-34(17-23)28(29)30)14-22(13-20)26-6-5-11-37-26/h5-8,11-17,19,28H,9-10H2,1-4H3,(H,32,35)/t19-/m1/s1. The molecule has 0 aliphatic rings. The molecule has 1 atom stereocenters. The summed E-state index contributed by atoms with van der Waals surface area (Å²) >= 11 is 1.59. The van der Waals surface area contributed by atoms with Crippen LogP contribution in [0.15, 0.2) is 66.3 Å². The molecule has 194 valence electrons. The second kappa shape index (κ2) is 11.7. The first-order valence-corrected chi connectivity index (χ1v) is 12.8. The predicted octanol–water partition coefficient (Wildman–Crippen LogP) is 6.41. The van der Waals surface area contributed by atoms with Crippen molar-refractivity contribution >= 4 is 17.2 Å². The number of hydrogen-bond donors (Lipinski definition) is 1. The SMILES string of the molecule is Cc1ccc(OCCN(C)C)cc1C(=O)N[C@H](C)c1cc(-c2cnn(C(F)F)c2)cc(-c2cccs2)c1. The van der Waals surface area contributed by atoms with Crippen LogP contribution < -0.4 is 10.1 Å².